The molecule has 1 aromatic heterocycles. The molecule has 3 heteroatoms. The van der Waals surface area contributed by atoms with Gasteiger partial charge in [0.15, 0.2) is 5.82 Å². The van der Waals surface area contributed by atoms with E-state index in [4.69, 9.17) is 0 Å². The molecule has 0 amide bonds. The van der Waals surface area contributed by atoms with Crippen LogP contribution in [0.4, 0.5) is 0 Å². The number of hydrogen-bond acceptors (Lipinski definition) is 2. The molecule has 0 unspecified atom stereocenters. The Morgan fingerprint density at radius 2 is 1.75 bits per heavy atom. The summed E-state index contributed by atoms with van der Waals surface area (Å²) < 4.78 is 1.91. The number of aromatic nitrogens is 3. The summed E-state index contributed by atoms with van der Waals surface area (Å²) in [6.07, 6.45) is 3.44. The van der Waals surface area contributed by atoms with Gasteiger partial charge in [-0.05, 0) is 11.1 Å². The van der Waals surface area contributed by atoms with Gasteiger partial charge in [0.1, 0.15) is 6.33 Å². The average Bonchev–Trinajstić information content (AvgIpc) is 2.97. The van der Waals surface area contributed by atoms with E-state index >= 15 is 0 Å². The molecule has 1 heterocycles. The molecule has 0 atom stereocenters. The van der Waals surface area contributed by atoms with Crippen molar-refractivity contribution in [1.82, 2.24) is 14.8 Å². The van der Waals surface area contributed by atoms with E-state index in [1.54, 1.807) is 6.33 Å². The molecule has 0 saturated carbocycles. The lowest BCUT2D eigenvalue weighted by molar-refractivity contribution is 0.693. The first-order valence-corrected chi connectivity index (χ1v) is 6.51. The minimum Gasteiger partial charge on any atom is -0.241 e. The number of benzene rings is 2. The van der Waals surface area contributed by atoms with Gasteiger partial charge in [0, 0.05) is 5.56 Å². The van der Waals surface area contributed by atoms with Crippen molar-refractivity contribution in [2.75, 3.05) is 0 Å². The SMILES string of the molecule is C=Cc1ccc(Cn2ncnc2-c2ccccc2)cc1. The van der Waals surface area contributed by atoms with Crippen molar-refractivity contribution in [1.29, 1.82) is 0 Å². The first kappa shape index (κ1) is 12.4. The van der Waals surface area contributed by atoms with Gasteiger partial charge in [-0.15, -0.1) is 0 Å². The molecule has 2 aromatic carbocycles. The van der Waals surface area contributed by atoms with Gasteiger partial charge in [-0.1, -0.05) is 67.3 Å². The average molecular weight is 261 g/mol. The molecular formula is C17H15N3. The molecule has 0 aliphatic heterocycles. The maximum Gasteiger partial charge on any atom is 0.158 e. The fraction of sp³-hybridized carbons (Fsp3) is 0.0588. The van der Waals surface area contributed by atoms with E-state index < -0.39 is 0 Å². The van der Waals surface area contributed by atoms with Crippen LogP contribution in [0.2, 0.25) is 0 Å². The summed E-state index contributed by atoms with van der Waals surface area (Å²) in [6.45, 7) is 4.47. The summed E-state index contributed by atoms with van der Waals surface area (Å²) in [5, 5.41) is 4.32. The standard InChI is InChI=1S/C17H15N3/c1-2-14-8-10-15(11-9-14)12-20-17(18-13-19-20)16-6-4-3-5-7-16/h2-11,13H,1,12H2. The first-order chi connectivity index (χ1) is 9.86. The summed E-state index contributed by atoms with van der Waals surface area (Å²) >= 11 is 0. The molecule has 0 fully saturated rings. The summed E-state index contributed by atoms with van der Waals surface area (Å²) in [5.41, 5.74) is 3.39. The quantitative estimate of drug-likeness (QED) is 0.718. The summed E-state index contributed by atoms with van der Waals surface area (Å²) in [5.74, 6) is 0.887. The van der Waals surface area contributed by atoms with Crippen molar-refractivity contribution in [2.24, 2.45) is 0 Å². The second kappa shape index (κ2) is 5.53. The fourth-order valence-electron chi connectivity index (χ4n) is 2.12. The van der Waals surface area contributed by atoms with Gasteiger partial charge < -0.3 is 0 Å². The van der Waals surface area contributed by atoms with Crippen molar-refractivity contribution < 1.29 is 0 Å². The van der Waals surface area contributed by atoms with Crippen LogP contribution in [0.1, 0.15) is 11.1 Å². The lowest BCUT2D eigenvalue weighted by atomic mass is 10.1. The molecule has 20 heavy (non-hydrogen) atoms. The Hall–Kier alpha value is -2.68. The summed E-state index contributed by atoms with van der Waals surface area (Å²) in [6, 6.07) is 18.4. The third-order valence-corrected chi connectivity index (χ3v) is 3.20. The van der Waals surface area contributed by atoms with Crippen LogP contribution in [0.15, 0.2) is 67.5 Å². The van der Waals surface area contributed by atoms with E-state index in [1.165, 1.54) is 5.56 Å². The molecule has 0 aliphatic carbocycles. The highest BCUT2D eigenvalue weighted by Crippen LogP contribution is 2.17. The van der Waals surface area contributed by atoms with Gasteiger partial charge in [0.2, 0.25) is 0 Å². The molecule has 0 N–H and O–H groups in total. The number of hydrogen-bond donors (Lipinski definition) is 0. The van der Waals surface area contributed by atoms with Crippen LogP contribution in [0, 0.1) is 0 Å². The molecule has 0 spiro atoms. The van der Waals surface area contributed by atoms with Gasteiger partial charge in [-0.3, -0.25) is 0 Å². The molecule has 0 bridgehead atoms. The Labute approximate surface area is 118 Å². The second-order valence-corrected chi connectivity index (χ2v) is 4.55. The van der Waals surface area contributed by atoms with Gasteiger partial charge in [-0.2, -0.15) is 5.10 Å². The van der Waals surface area contributed by atoms with E-state index in [0.29, 0.717) is 6.54 Å². The zero-order valence-electron chi connectivity index (χ0n) is 11.1. The third-order valence-electron chi connectivity index (χ3n) is 3.20. The van der Waals surface area contributed by atoms with Crippen molar-refractivity contribution in [3.63, 3.8) is 0 Å². The van der Waals surface area contributed by atoms with Crippen molar-refractivity contribution in [2.45, 2.75) is 6.54 Å². The molecule has 0 saturated heterocycles. The molecule has 0 radical (unpaired) electrons. The molecular weight excluding hydrogens is 246 g/mol. The van der Waals surface area contributed by atoms with Crippen molar-refractivity contribution >= 4 is 6.08 Å². The van der Waals surface area contributed by atoms with Crippen LogP contribution >= 0.6 is 0 Å². The number of nitrogens with zero attached hydrogens (tertiary/aromatic N) is 3. The fourth-order valence-corrected chi connectivity index (χ4v) is 2.12. The second-order valence-electron chi connectivity index (χ2n) is 4.55. The van der Waals surface area contributed by atoms with Crippen molar-refractivity contribution in [3.8, 4) is 11.4 Å². The van der Waals surface area contributed by atoms with E-state index in [1.807, 2.05) is 41.1 Å². The monoisotopic (exact) mass is 261 g/mol. The smallest absolute Gasteiger partial charge is 0.158 e. The van der Waals surface area contributed by atoms with Gasteiger partial charge >= 0.3 is 0 Å². The maximum atomic E-state index is 4.35. The Bertz CT molecular complexity index is 697. The number of rotatable bonds is 4. The Morgan fingerprint density at radius 1 is 1.00 bits per heavy atom. The highest BCUT2D eigenvalue weighted by atomic mass is 15.3. The molecule has 98 valence electrons. The maximum absolute atomic E-state index is 4.35. The lowest BCUT2D eigenvalue weighted by Crippen LogP contribution is -2.04. The first-order valence-electron chi connectivity index (χ1n) is 6.51. The van der Waals surface area contributed by atoms with Crippen LogP contribution in [0.5, 0.6) is 0 Å². The van der Waals surface area contributed by atoms with Gasteiger partial charge in [0.05, 0.1) is 6.54 Å². The van der Waals surface area contributed by atoms with Crippen LogP contribution < -0.4 is 0 Å². The van der Waals surface area contributed by atoms with E-state index in [0.717, 1.165) is 17.0 Å². The largest absolute Gasteiger partial charge is 0.241 e. The normalized spacial score (nSPS) is 10.4. The van der Waals surface area contributed by atoms with Crippen LogP contribution in [-0.2, 0) is 6.54 Å². The van der Waals surface area contributed by atoms with Crippen LogP contribution in [0.25, 0.3) is 17.5 Å². The minimum absolute atomic E-state index is 0.710. The highest BCUT2D eigenvalue weighted by molar-refractivity contribution is 5.54. The third kappa shape index (κ3) is 2.52. The van der Waals surface area contributed by atoms with E-state index in [-0.39, 0.29) is 0 Å². The summed E-state index contributed by atoms with van der Waals surface area (Å²) in [4.78, 5) is 4.35. The predicted octanol–water partition coefficient (Wildman–Crippen LogP) is 3.64. The molecule has 3 aromatic rings. The topological polar surface area (TPSA) is 30.7 Å². The summed E-state index contributed by atoms with van der Waals surface area (Å²) in [7, 11) is 0. The zero-order valence-corrected chi connectivity index (χ0v) is 11.1. The van der Waals surface area contributed by atoms with Crippen molar-refractivity contribution in [3.05, 3.63) is 78.6 Å². The predicted molar refractivity (Wildman–Crippen MR) is 81.1 cm³/mol. The van der Waals surface area contributed by atoms with Gasteiger partial charge in [0.25, 0.3) is 0 Å². The van der Waals surface area contributed by atoms with Crippen LogP contribution in [-0.4, -0.2) is 14.8 Å². The van der Waals surface area contributed by atoms with E-state index in [2.05, 4.69) is 40.9 Å². The lowest BCUT2D eigenvalue weighted by Gasteiger charge is -2.06. The minimum atomic E-state index is 0.710. The van der Waals surface area contributed by atoms with Crippen LogP contribution in [0.3, 0.4) is 0 Å². The van der Waals surface area contributed by atoms with E-state index in [9.17, 15) is 0 Å². The molecule has 3 nitrogen and oxygen atoms in total. The van der Waals surface area contributed by atoms with Gasteiger partial charge in [-0.25, -0.2) is 9.67 Å². The highest BCUT2D eigenvalue weighted by Gasteiger charge is 2.07. The Balaban J connectivity index is 1.88. The zero-order chi connectivity index (χ0) is 13.8. The Morgan fingerprint density at radius 3 is 2.45 bits per heavy atom. The molecule has 0 aliphatic rings. The molecule has 3 rings (SSSR count). The Kier molecular flexibility index (Phi) is 3.42.